The van der Waals surface area contributed by atoms with E-state index in [1.54, 1.807) is 18.2 Å². The van der Waals surface area contributed by atoms with E-state index in [0.29, 0.717) is 27.8 Å². The summed E-state index contributed by atoms with van der Waals surface area (Å²) in [6.07, 6.45) is 0. The second-order valence-corrected chi connectivity index (χ2v) is 7.71. The van der Waals surface area contributed by atoms with Crippen molar-refractivity contribution in [3.05, 3.63) is 70.3 Å². The van der Waals surface area contributed by atoms with E-state index in [-0.39, 0.29) is 5.82 Å². The third kappa shape index (κ3) is 4.18. The molecular formula is C22H21FN4O2S. The molecule has 0 amide bonds. The van der Waals surface area contributed by atoms with Crippen molar-refractivity contribution in [1.82, 2.24) is 10.2 Å². The minimum atomic E-state index is -0.444. The van der Waals surface area contributed by atoms with Crippen LogP contribution in [0.1, 0.15) is 19.4 Å². The molecule has 0 unspecified atom stereocenters. The minimum absolute atomic E-state index is 0.274. The third-order valence-corrected chi connectivity index (χ3v) is 5.77. The number of halogens is 1. The fraction of sp³-hybridized carbons (Fsp3) is 0.227. The highest BCUT2D eigenvalue weighted by molar-refractivity contribution is 7.18. The summed E-state index contributed by atoms with van der Waals surface area (Å²) in [5.41, 5.74) is 2.42. The molecule has 30 heavy (non-hydrogen) atoms. The Balaban J connectivity index is 1.57. The molecule has 0 bridgehead atoms. The number of aromatic nitrogens is 2. The molecule has 0 fully saturated rings. The highest BCUT2D eigenvalue weighted by atomic mass is 32.1. The van der Waals surface area contributed by atoms with E-state index in [9.17, 15) is 9.18 Å². The topological polar surface area (TPSA) is 71.3 Å². The molecule has 8 heteroatoms. The predicted molar refractivity (Wildman–Crippen MR) is 119 cm³/mol. The predicted octanol–water partition coefficient (Wildman–Crippen LogP) is 4.91. The molecule has 2 aromatic carbocycles. The molecule has 6 nitrogen and oxygen atoms in total. The molecule has 1 N–H and O–H groups in total. The normalized spacial score (nSPS) is 11.0. The maximum atomic E-state index is 13.0. The summed E-state index contributed by atoms with van der Waals surface area (Å²) in [7, 11) is 0. The number of hydrogen-bond donors (Lipinski definition) is 1. The van der Waals surface area contributed by atoms with Gasteiger partial charge in [0.25, 0.3) is 0 Å². The Labute approximate surface area is 177 Å². The largest absolute Gasteiger partial charge is 0.422 e. The smallest absolute Gasteiger partial charge is 0.346 e. The second-order valence-electron chi connectivity index (χ2n) is 6.73. The third-order valence-electron chi connectivity index (χ3n) is 4.86. The van der Waals surface area contributed by atoms with Gasteiger partial charge in [0.05, 0.1) is 5.56 Å². The minimum Gasteiger partial charge on any atom is -0.422 e. The van der Waals surface area contributed by atoms with Gasteiger partial charge in [0, 0.05) is 36.8 Å². The van der Waals surface area contributed by atoms with E-state index in [2.05, 4.69) is 34.3 Å². The molecule has 0 aliphatic carbocycles. The van der Waals surface area contributed by atoms with E-state index in [0.717, 1.165) is 29.7 Å². The van der Waals surface area contributed by atoms with Crippen molar-refractivity contribution in [1.29, 1.82) is 0 Å². The van der Waals surface area contributed by atoms with Gasteiger partial charge in [-0.3, -0.25) is 0 Å². The van der Waals surface area contributed by atoms with Crippen LogP contribution in [0, 0.1) is 5.82 Å². The van der Waals surface area contributed by atoms with Crippen LogP contribution >= 0.6 is 11.3 Å². The first-order chi connectivity index (χ1) is 14.6. The molecule has 0 spiro atoms. The summed E-state index contributed by atoms with van der Waals surface area (Å²) in [6, 6.07) is 13.9. The van der Waals surface area contributed by atoms with Gasteiger partial charge in [0.2, 0.25) is 5.13 Å². The highest BCUT2D eigenvalue weighted by Gasteiger charge is 2.14. The van der Waals surface area contributed by atoms with E-state index in [4.69, 9.17) is 4.42 Å². The Bertz CT molecular complexity index is 1220. The van der Waals surface area contributed by atoms with Gasteiger partial charge in [-0.15, -0.1) is 10.2 Å². The molecule has 0 saturated heterocycles. The monoisotopic (exact) mass is 424 g/mol. The van der Waals surface area contributed by atoms with Gasteiger partial charge in [0.15, 0.2) is 5.01 Å². The molecule has 0 saturated carbocycles. The van der Waals surface area contributed by atoms with Crippen molar-refractivity contribution in [2.45, 2.75) is 20.4 Å². The van der Waals surface area contributed by atoms with E-state index in [1.165, 1.54) is 23.5 Å². The van der Waals surface area contributed by atoms with Crippen molar-refractivity contribution in [2.75, 3.05) is 23.3 Å². The van der Waals surface area contributed by atoms with Crippen LogP contribution in [0.5, 0.6) is 0 Å². The Morgan fingerprint density at radius 2 is 1.83 bits per heavy atom. The zero-order valence-corrected chi connectivity index (χ0v) is 17.5. The van der Waals surface area contributed by atoms with Crippen molar-refractivity contribution in [3.63, 3.8) is 0 Å². The average molecular weight is 425 g/mol. The first-order valence-corrected chi connectivity index (χ1v) is 10.5. The van der Waals surface area contributed by atoms with E-state index >= 15 is 0 Å². The number of fused-ring (bicyclic) bond motifs is 1. The van der Waals surface area contributed by atoms with Crippen LogP contribution in [0.25, 0.3) is 21.5 Å². The van der Waals surface area contributed by atoms with Gasteiger partial charge in [-0.25, -0.2) is 9.18 Å². The summed E-state index contributed by atoms with van der Waals surface area (Å²) < 4.78 is 18.6. The molecule has 154 valence electrons. The first kappa shape index (κ1) is 20.0. The Morgan fingerprint density at radius 1 is 1.07 bits per heavy atom. The molecule has 4 rings (SSSR count). The van der Waals surface area contributed by atoms with Crippen molar-refractivity contribution >= 4 is 33.1 Å². The van der Waals surface area contributed by atoms with Crippen LogP contribution in [0.3, 0.4) is 0 Å². The summed E-state index contributed by atoms with van der Waals surface area (Å²) in [4.78, 5) is 14.8. The number of rotatable bonds is 7. The van der Waals surface area contributed by atoms with Gasteiger partial charge in [0.1, 0.15) is 11.4 Å². The molecule has 0 aliphatic rings. The number of nitrogens with zero attached hydrogens (tertiary/aromatic N) is 3. The number of anilines is 2. The van der Waals surface area contributed by atoms with Crippen LogP contribution in [0.15, 0.2) is 57.7 Å². The summed E-state index contributed by atoms with van der Waals surface area (Å²) >= 11 is 1.27. The van der Waals surface area contributed by atoms with Gasteiger partial charge in [-0.2, -0.15) is 0 Å². The highest BCUT2D eigenvalue weighted by Crippen LogP contribution is 2.28. The Morgan fingerprint density at radius 3 is 2.57 bits per heavy atom. The lowest BCUT2D eigenvalue weighted by Gasteiger charge is -2.20. The lowest BCUT2D eigenvalue weighted by molar-refractivity contribution is 0.563. The van der Waals surface area contributed by atoms with Gasteiger partial charge < -0.3 is 14.6 Å². The molecule has 0 atom stereocenters. The summed E-state index contributed by atoms with van der Waals surface area (Å²) in [5, 5.41) is 13.3. The zero-order chi connectivity index (χ0) is 21.1. The first-order valence-electron chi connectivity index (χ1n) is 9.72. The quantitative estimate of drug-likeness (QED) is 0.425. The lowest BCUT2D eigenvalue weighted by atomic mass is 10.1. The Kier molecular flexibility index (Phi) is 5.76. The van der Waals surface area contributed by atoms with Crippen LogP contribution in [0.4, 0.5) is 15.2 Å². The molecule has 2 aromatic heterocycles. The SMILES string of the molecule is CCN(CC)c1ccc2cc(-c3nnc(NCc4ccc(F)cc4)s3)c(=O)oc2c1. The molecule has 4 aromatic rings. The van der Waals surface area contributed by atoms with E-state index in [1.807, 2.05) is 18.2 Å². The van der Waals surface area contributed by atoms with Crippen molar-refractivity contribution < 1.29 is 8.81 Å². The second kappa shape index (κ2) is 8.62. The van der Waals surface area contributed by atoms with Crippen LogP contribution < -0.4 is 15.8 Å². The zero-order valence-electron chi connectivity index (χ0n) is 16.7. The van der Waals surface area contributed by atoms with Gasteiger partial charge in [-0.1, -0.05) is 23.5 Å². The maximum Gasteiger partial charge on any atom is 0.346 e. The van der Waals surface area contributed by atoms with Crippen molar-refractivity contribution in [2.24, 2.45) is 0 Å². The molecule has 2 heterocycles. The standard InChI is InChI=1S/C22H21FN4O2S/c1-3-27(4-2)17-10-7-15-11-18(21(28)29-19(15)12-17)20-25-26-22(30-20)24-13-14-5-8-16(23)9-6-14/h5-12H,3-4,13H2,1-2H3,(H,24,26). The van der Waals surface area contributed by atoms with Crippen LogP contribution in [0.2, 0.25) is 0 Å². The fourth-order valence-electron chi connectivity index (χ4n) is 3.22. The molecule has 0 radical (unpaired) electrons. The van der Waals surface area contributed by atoms with Crippen LogP contribution in [-0.4, -0.2) is 23.3 Å². The maximum absolute atomic E-state index is 13.0. The van der Waals surface area contributed by atoms with Gasteiger partial charge in [-0.05, 0) is 49.7 Å². The molecule has 0 aliphatic heterocycles. The number of nitrogens with one attached hydrogen (secondary N) is 1. The summed E-state index contributed by atoms with van der Waals surface area (Å²) in [5.74, 6) is -0.274. The average Bonchev–Trinajstić information content (AvgIpc) is 3.22. The summed E-state index contributed by atoms with van der Waals surface area (Å²) in [6.45, 7) is 6.41. The lowest BCUT2D eigenvalue weighted by Crippen LogP contribution is -2.21. The number of hydrogen-bond acceptors (Lipinski definition) is 7. The van der Waals surface area contributed by atoms with Gasteiger partial charge >= 0.3 is 5.63 Å². The van der Waals surface area contributed by atoms with Crippen molar-refractivity contribution in [3.8, 4) is 10.6 Å². The fourth-order valence-corrected chi connectivity index (χ4v) is 3.96. The number of benzene rings is 2. The Hall–Kier alpha value is -3.26. The molecular weight excluding hydrogens is 403 g/mol. The van der Waals surface area contributed by atoms with Crippen LogP contribution in [-0.2, 0) is 6.54 Å². The van der Waals surface area contributed by atoms with E-state index < -0.39 is 5.63 Å².